The van der Waals surface area contributed by atoms with Crippen LogP contribution in [-0.2, 0) is 0 Å². The Balaban J connectivity index is 2.28. The van der Waals surface area contributed by atoms with Gasteiger partial charge in [-0.15, -0.1) is 0 Å². The molecule has 0 radical (unpaired) electrons. The van der Waals surface area contributed by atoms with Crippen LogP contribution in [0.5, 0.6) is 0 Å². The number of allylic oxidation sites excluding steroid dienone is 6. The average molecular weight is 158 g/mol. The Morgan fingerprint density at radius 3 is 2.73 bits per heavy atom. The Bertz CT molecular complexity index is 340. The summed E-state index contributed by atoms with van der Waals surface area (Å²) in [5.41, 5.74) is 7.15. The van der Waals surface area contributed by atoms with E-state index in [-0.39, 0.29) is 0 Å². The largest absolute Gasteiger partial charge is 0.0797 e. The summed E-state index contributed by atoms with van der Waals surface area (Å²) < 4.78 is 0. The topological polar surface area (TPSA) is 0 Å². The first-order chi connectivity index (χ1) is 5.45. The zero-order valence-corrected chi connectivity index (χ0v) is 6.69. The molecule has 11 heavy (non-hydrogen) atoms. The second-order valence-corrected chi connectivity index (χ2v) is 3.14. The molecule has 2 aliphatic rings. The second kappa shape index (κ2) is 2.86. The first kappa shape index (κ1) is 6.57. The molecular weight excluding hydrogens is 152 g/mol. The Morgan fingerprint density at radius 2 is 2.09 bits per heavy atom. The van der Waals surface area contributed by atoms with Crippen LogP contribution in [-0.4, -0.2) is 0 Å². The molecule has 0 nitrogen and oxygen atoms in total. The van der Waals surface area contributed by atoms with Gasteiger partial charge in [0.2, 0.25) is 0 Å². The molecule has 2 rings (SSSR count). The highest BCUT2D eigenvalue weighted by atomic mass is 32.2. The van der Waals surface area contributed by atoms with Gasteiger partial charge in [0.25, 0.3) is 0 Å². The Hall–Kier alpha value is -1.13. The van der Waals surface area contributed by atoms with Crippen LogP contribution in [0.15, 0.2) is 57.7 Å². The Kier molecular flexibility index (Phi) is 1.71. The third kappa shape index (κ3) is 1.47. The Labute approximate surface area is 70.0 Å². The van der Waals surface area contributed by atoms with Gasteiger partial charge in [-0.05, 0) is 11.6 Å². The van der Waals surface area contributed by atoms with Crippen molar-refractivity contribution in [1.82, 2.24) is 0 Å². The molecule has 0 fully saturated rings. The molecule has 0 aromatic rings. The van der Waals surface area contributed by atoms with Crippen LogP contribution in [0.2, 0.25) is 0 Å². The predicted molar refractivity (Wildman–Crippen MR) is 49.1 cm³/mol. The van der Waals surface area contributed by atoms with Gasteiger partial charge in [0, 0.05) is 5.41 Å². The number of hydrogen-bond donors (Lipinski definition) is 0. The van der Waals surface area contributed by atoms with Gasteiger partial charge in [-0.3, -0.25) is 0 Å². The van der Waals surface area contributed by atoms with Crippen molar-refractivity contribution in [2.45, 2.75) is 0 Å². The van der Waals surface area contributed by atoms with E-state index in [1.165, 1.54) is 5.57 Å². The van der Waals surface area contributed by atoms with Crippen molar-refractivity contribution in [2.75, 3.05) is 0 Å². The molecule has 0 unspecified atom stereocenters. The molecule has 0 amide bonds. The van der Waals surface area contributed by atoms with Crippen LogP contribution in [0.3, 0.4) is 0 Å². The molecule has 0 saturated carbocycles. The molecular formula is C10H6S. The van der Waals surface area contributed by atoms with Gasteiger partial charge in [0.1, 0.15) is 0 Å². The average Bonchev–Trinajstić information content (AvgIpc) is 2.60. The molecule has 0 bridgehead atoms. The van der Waals surface area contributed by atoms with Crippen molar-refractivity contribution in [2.24, 2.45) is 0 Å². The van der Waals surface area contributed by atoms with Crippen LogP contribution in [0.4, 0.5) is 0 Å². The summed E-state index contributed by atoms with van der Waals surface area (Å²) in [6.45, 7) is 0. The maximum absolute atomic E-state index is 3.01. The molecule has 0 N–H and O–H groups in total. The Morgan fingerprint density at radius 1 is 1.27 bits per heavy atom. The zero-order valence-electron chi connectivity index (χ0n) is 5.87. The minimum absolute atomic E-state index is 1.14. The molecule has 52 valence electrons. The van der Waals surface area contributed by atoms with Crippen molar-refractivity contribution < 1.29 is 0 Å². The van der Waals surface area contributed by atoms with Crippen LogP contribution in [0, 0.1) is 0 Å². The normalized spacial score (nSPS) is 18.2. The lowest BCUT2D eigenvalue weighted by Gasteiger charge is -1.89. The molecule has 0 aromatic heterocycles. The van der Waals surface area contributed by atoms with E-state index in [2.05, 4.69) is 29.7 Å². The first-order valence-electron chi connectivity index (χ1n) is 3.38. The fourth-order valence-electron chi connectivity index (χ4n) is 0.930. The molecule has 1 aliphatic carbocycles. The van der Waals surface area contributed by atoms with Gasteiger partial charge in [-0.1, -0.05) is 47.5 Å². The van der Waals surface area contributed by atoms with Crippen LogP contribution >= 0.6 is 11.8 Å². The quantitative estimate of drug-likeness (QED) is 0.529. The fourth-order valence-corrected chi connectivity index (χ4v) is 1.50. The van der Waals surface area contributed by atoms with E-state index in [9.17, 15) is 0 Å². The fraction of sp³-hybridized carbons (Fsp3) is 0. The summed E-state index contributed by atoms with van der Waals surface area (Å²) in [5, 5.41) is 1.91. The van der Waals surface area contributed by atoms with E-state index in [0.717, 1.165) is 4.91 Å². The number of thioether (sulfide) groups is 1. The van der Waals surface area contributed by atoms with Crippen molar-refractivity contribution in [3.63, 3.8) is 0 Å². The van der Waals surface area contributed by atoms with Crippen molar-refractivity contribution in [1.29, 1.82) is 0 Å². The summed E-state index contributed by atoms with van der Waals surface area (Å²) in [6.07, 6.45) is 10.3. The van der Waals surface area contributed by atoms with Gasteiger partial charge in [0.05, 0.1) is 4.91 Å². The second-order valence-electron chi connectivity index (χ2n) is 2.23. The lowest BCUT2D eigenvalue weighted by Crippen LogP contribution is -1.67. The molecule has 0 aromatic carbocycles. The highest BCUT2D eigenvalue weighted by molar-refractivity contribution is 8.06. The van der Waals surface area contributed by atoms with Gasteiger partial charge in [0.15, 0.2) is 0 Å². The standard InChI is InChI=1S/C10H6S/c1-2-5-9(4-1)8-10-6-3-7-11-10/h1-2,4-5,7-8H. The monoisotopic (exact) mass is 158 g/mol. The van der Waals surface area contributed by atoms with E-state index < -0.39 is 0 Å². The van der Waals surface area contributed by atoms with Crippen molar-refractivity contribution in [3.05, 3.63) is 57.7 Å². The molecule has 1 heterocycles. The third-order valence-electron chi connectivity index (χ3n) is 1.43. The summed E-state index contributed by atoms with van der Waals surface area (Å²) in [5.74, 6) is 0. The maximum Gasteiger partial charge on any atom is 0.0631 e. The molecule has 0 spiro atoms. The molecule has 0 atom stereocenters. The summed E-state index contributed by atoms with van der Waals surface area (Å²) in [6, 6.07) is 0. The van der Waals surface area contributed by atoms with E-state index in [0.29, 0.717) is 0 Å². The van der Waals surface area contributed by atoms with Crippen LogP contribution in [0.1, 0.15) is 0 Å². The van der Waals surface area contributed by atoms with E-state index in [4.69, 9.17) is 0 Å². The highest BCUT2D eigenvalue weighted by Gasteiger charge is 1.96. The van der Waals surface area contributed by atoms with Gasteiger partial charge >= 0.3 is 0 Å². The SMILES string of the molecule is C1=C=C(C=C2C=CC=C2)SC=1. The number of rotatable bonds is 1. The highest BCUT2D eigenvalue weighted by Crippen LogP contribution is 2.23. The van der Waals surface area contributed by atoms with Gasteiger partial charge in [-0.2, -0.15) is 0 Å². The van der Waals surface area contributed by atoms with Crippen molar-refractivity contribution in [3.8, 4) is 0 Å². The van der Waals surface area contributed by atoms with Crippen LogP contribution < -0.4 is 0 Å². The minimum atomic E-state index is 1.14. The third-order valence-corrected chi connectivity index (χ3v) is 2.14. The molecule has 0 saturated heterocycles. The smallest absolute Gasteiger partial charge is 0.0631 e. The molecule has 1 heteroatoms. The zero-order chi connectivity index (χ0) is 7.52. The number of hydrogen-bond acceptors (Lipinski definition) is 1. The predicted octanol–water partition coefficient (Wildman–Crippen LogP) is 2.94. The van der Waals surface area contributed by atoms with Crippen LogP contribution in [0.25, 0.3) is 0 Å². The lowest BCUT2D eigenvalue weighted by molar-refractivity contribution is 1.74. The summed E-state index contributed by atoms with van der Waals surface area (Å²) in [4.78, 5) is 1.14. The van der Waals surface area contributed by atoms with Crippen molar-refractivity contribution >= 4 is 11.8 Å². The van der Waals surface area contributed by atoms with Gasteiger partial charge in [-0.25, -0.2) is 0 Å². The van der Waals surface area contributed by atoms with Gasteiger partial charge < -0.3 is 0 Å². The lowest BCUT2D eigenvalue weighted by atomic mass is 10.3. The molecule has 1 aliphatic heterocycles. The summed E-state index contributed by atoms with van der Waals surface area (Å²) >= 11 is 1.65. The van der Waals surface area contributed by atoms with E-state index >= 15 is 0 Å². The van der Waals surface area contributed by atoms with E-state index in [1.54, 1.807) is 11.8 Å². The minimum Gasteiger partial charge on any atom is -0.0797 e. The first-order valence-corrected chi connectivity index (χ1v) is 4.26. The van der Waals surface area contributed by atoms with E-state index in [1.807, 2.05) is 17.6 Å². The summed E-state index contributed by atoms with van der Waals surface area (Å²) in [7, 11) is 0. The maximum atomic E-state index is 3.01.